The average molecular weight is 613 g/mol. The normalized spacial score (nSPS) is 13.4. The van der Waals surface area contributed by atoms with Crippen LogP contribution in [-0.4, -0.2) is 9.97 Å². The Morgan fingerprint density at radius 3 is 1.22 bits per heavy atom. The van der Waals surface area contributed by atoms with Crippen LogP contribution in [0.5, 0.6) is 23.0 Å². The van der Waals surface area contributed by atoms with E-state index < -0.39 is 7.14 Å². The minimum atomic E-state index is -3.39. The van der Waals surface area contributed by atoms with E-state index in [1.54, 1.807) is 24.8 Å². The van der Waals surface area contributed by atoms with Crippen molar-refractivity contribution in [2.45, 2.75) is 0 Å². The molecular weight excluding hydrogens is 587 g/mol. The van der Waals surface area contributed by atoms with Crippen molar-refractivity contribution in [3.63, 3.8) is 0 Å². The van der Waals surface area contributed by atoms with Crippen molar-refractivity contribution in [3.05, 3.63) is 152 Å². The summed E-state index contributed by atoms with van der Waals surface area (Å²) in [5.41, 5.74) is 8.14. The molecule has 2 aromatic heterocycles. The van der Waals surface area contributed by atoms with Crippen LogP contribution in [0.25, 0.3) is 44.5 Å². The van der Waals surface area contributed by atoms with Gasteiger partial charge in [-0.25, -0.2) is 0 Å². The molecule has 0 atom stereocenters. The highest BCUT2D eigenvalue weighted by Gasteiger charge is 2.47. The van der Waals surface area contributed by atoms with Gasteiger partial charge in [0.25, 0.3) is 0 Å². The van der Waals surface area contributed by atoms with Crippen molar-refractivity contribution in [1.82, 2.24) is 9.97 Å². The topological polar surface area (TPSA) is 61.3 Å². The first-order valence-electron chi connectivity index (χ1n) is 15.1. The van der Waals surface area contributed by atoms with E-state index in [4.69, 9.17) is 9.47 Å². The Kier molecular flexibility index (Phi) is 6.02. The van der Waals surface area contributed by atoms with Gasteiger partial charge in [-0.3, -0.25) is 9.97 Å². The monoisotopic (exact) mass is 612 g/mol. The molecule has 6 heteroatoms. The largest absolute Gasteiger partial charge is 0.455 e. The summed E-state index contributed by atoms with van der Waals surface area (Å²) in [7, 11) is -3.39. The third kappa shape index (κ3) is 4.06. The van der Waals surface area contributed by atoms with Gasteiger partial charge in [0.15, 0.2) is 7.14 Å². The number of aromatic nitrogens is 2. The van der Waals surface area contributed by atoms with Crippen molar-refractivity contribution in [1.29, 1.82) is 0 Å². The second-order valence-electron chi connectivity index (χ2n) is 11.4. The summed E-state index contributed by atoms with van der Waals surface area (Å²) in [4.78, 5) is 8.27. The molecule has 0 saturated heterocycles. The van der Waals surface area contributed by atoms with Gasteiger partial charge in [0.2, 0.25) is 0 Å². The smallest absolute Gasteiger partial charge is 0.185 e. The zero-order valence-electron chi connectivity index (χ0n) is 24.5. The summed E-state index contributed by atoms with van der Waals surface area (Å²) >= 11 is 0. The van der Waals surface area contributed by atoms with E-state index in [-0.39, 0.29) is 0 Å². The Balaban J connectivity index is 1.19. The molecule has 9 rings (SSSR count). The molecule has 0 amide bonds. The Bertz CT molecular complexity index is 2160. The quantitative estimate of drug-likeness (QED) is 0.186. The number of fused-ring (bicyclic) bond motifs is 4. The summed E-state index contributed by atoms with van der Waals surface area (Å²) < 4.78 is 29.0. The third-order valence-electron chi connectivity index (χ3n) is 8.79. The summed E-state index contributed by atoms with van der Waals surface area (Å²) in [5, 5.41) is 1.97. The lowest BCUT2D eigenvalue weighted by atomic mass is 10.00. The molecule has 0 N–H and O–H groups in total. The molecule has 0 unspecified atom stereocenters. The van der Waals surface area contributed by atoms with Gasteiger partial charge in [-0.2, -0.15) is 0 Å². The average Bonchev–Trinajstić information content (AvgIpc) is 3.12. The van der Waals surface area contributed by atoms with Gasteiger partial charge in [0, 0.05) is 35.9 Å². The standard InChI is InChI=1S/C40H25N2O3P/c43-46-36-8-1-4-32(30-14-10-26(11-15-30)28-18-22-41-23-19-28)38(36)44-34-6-3-7-35(40(34)46)45-39-33(5-2-9-37(39)46)31-16-12-27(13-17-31)29-20-24-42-25-21-29/h1-25H. The second-order valence-corrected chi connectivity index (χ2v) is 14.0. The summed E-state index contributed by atoms with van der Waals surface area (Å²) in [6, 6.07) is 42.2. The van der Waals surface area contributed by atoms with Gasteiger partial charge < -0.3 is 14.0 Å². The lowest BCUT2D eigenvalue weighted by Gasteiger charge is -2.35. The van der Waals surface area contributed by atoms with Gasteiger partial charge in [-0.15, -0.1) is 0 Å². The number of benzene rings is 5. The summed E-state index contributed by atoms with van der Waals surface area (Å²) in [6.45, 7) is 0. The van der Waals surface area contributed by atoms with Crippen LogP contribution in [0.3, 0.4) is 0 Å². The van der Waals surface area contributed by atoms with E-state index in [0.29, 0.717) is 38.9 Å². The van der Waals surface area contributed by atoms with Gasteiger partial charge in [-0.05, 0) is 81.9 Å². The summed E-state index contributed by atoms with van der Waals surface area (Å²) in [6.07, 6.45) is 7.18. The number of pyridine rings is 2. The minimum absolute atomic E-state index is 0.562. The van der Waals surface area contributed by atoms with E-state index in [1.165, 1.54) is 0 Å². The number of rotatable bonds is 4. The van der Waals surface area contributed by atoms with Crippen molar-refractivity contribution < 1.29 is 14.0 Å². The molecule has 0 aliphatic carbocycles. The van der Waals surface area contributed by atoms with Gasteiger partial charge >= 0.3 is 0 Å². The van der Waals surface area contributed by atoms with Crippen LogP contribution in [0.1, 0.15) is 0 Å². The fourth-order valence-electron chi connectivity index (χ4n) is 6.56. The molecule has 7 aromatic rings. The molecule has 4 heterocycles. The maximum absolute atomic E-state index is 15.8. The van der Waals surface area contributed by atoms with E-state index in [0.717, 1.165) is 44.5 Å². The third-order valence-corrected chi connectivity index (χ3v) is 11.9. The first-order valence-corrected chi connectivity index (χ1v) is 16.8. The van der Waals surface area contributed by atoms with Crippen molar-refractivity contribution in [2.24, 2.45) is 0 Å². The van der Waals surface area contributed by atoms with Crippen LogP contribution in [0, 0.1) is 0 Å². The molecule has 5 nitrogen and oxygen atoms in total. The van der Waals surface area contributed by atoms with E-state index >= 15 is 4.57 Å². The second kappa shape index (κ2) is 10.4. The molecule has 218 valence electrons. The zero-order chi connectivity index (χ0) is 30.7. The number of para-hydroxylation sites is 2. The molecule has 0 spiro atoms. The molecule has 0 saturated carbocycles. The number of nitrogens with zero attached hydrogens (tertiary/aromatic N) is 2. The number of hydrogen-bond acceptors (Lipinski definition) is 5. The van der Waals surface area contributed by atoms with E-state index in [9.17, 15) is 0 Å². The molecule has 0 bridgehead atoms. The highest BCUT2D eigenvalue weighted by molar-refractivity contribution is 7.86. The van der Waals surface area contributed by atoms with E-state index in [1.807, 2.05) is 78.9 Å². The number of ether oxygens (including phenoxy) is 2. The summed E-state index contributed by atoms with van der Waals surface area (Å²) in [5.74, 6) is 2.36. The van der Waals surface area contributed by atoms with Crippen LogP contribution >= 0.6 is 7.14 Å². The molecular formula is C40H25N2O3P. The van der Waals surface area contributed by atoms with Gasteiger partial charge in [-0.1, -0.05) is 78.9 Å². The van der Waals surface area contributed by atoms with E-state index in [2.05, 4.69) is 58.5 Å². The molecule has 0 fully saturated rings. The number of hydrogen-bond donors (Lipinski definition) is 0. The van der Waals surface area contributed by atoms with Crippen molar-refractivity contribution in [3.8, 4) is 67.5 Å². The lowest BCUT2D eigenvalue weighted by molar-refractivity contribution is 0.463. The van der Waals surface area contributed by atoms with Crippen LogP contribution in [0.15, 0.2) is 152 Å². The Morgan fingerprint density at radius 1 is 0.413 bits per heavy atom. The molecule has 0 radical (unpaired) electrons. The van der Waals surface area contributed by atoms with Crippen LogP contribution in [-0.2, 0) is 4.57 Å². The zero-order valence-corrected chi connectivity index (χ0v) is 25.4. The minimum Gasteiger partial charge on any atom is -0.455 e. The predicted molar refractivity (Wildman–Crippen MR) is 183 cm³/mol. The Morgan fingerprint density at radius 2 is 0.783 bits per heavy atom. The maximum Gasteiger partial charge on any atom is 0.185 e. The fraction of sp³-hybridized carbons (Fsp3) is 0. The van der Waals surface area contributed by atoms with Gasteiger partial charge in [0.05, 0.1) is 10.6 Å². The lowest BCUT2D eigenvalue weighted by Crippen LogP contribution is -2.35. The molecule has 2 aliphatic heterocycles. The van der Waals surface area contributed by atoms with Gasteiger partial charge in [0.1, 0.15) is 28.3 Å². The Hall–Kier alpha value is -5.77. The molecule has 5 aromatic carbocycles. The van der Waals surface area contributed by atoms with Crippen molar-refractivity contribution >= 4 is 23.1 Å². The first kappa shape index (κ1) is 26.6. The molecule has 46 heavy (non-hydrogen) atoms. The predicted octanol–water partition coefficient (Wildman–Crippen LogP) is 9.00. The highest BCUT2D eigenvalue weighted by atomic mass is 31.2. The first-order chi connectivity index (χ1) is 22.7. The van der Waals surface area contributed by atoms with Crippen LogP contribution < -0.4 is 25.4 Å². The molecule has 2 aliphatic rings. The van der Waals surface area contributed by atoms with Crippen molar-refractivity contribution in [2.75, 3.05) is 0 Å². The fourth-order valence-corrected chi connectivity index (χ4v) is 9.65. The maximum atomic E-state index is 15.8. The highest BCUT2D eigenvalue weighted by Crippen LogP contribution is 2.60. The van der Waals surface area contributed by atoms with Crippen LogP contribution in [0.4, 0.5) is 0 Å². The SMILES string of the molecule is O=P12c3cccc(-c4ccc(-c5ccncc5)cc4)c3Oc3cccc(c31)Oc1c(-c3ccc(-c4ccncc4)cc3)cccc12. The Labute approximate surface area is 266 Å². The van der Waals surface area contributed by atoms with Crippen LogP contribution in [0.2, 0.25) is 0 Å².